The Morgan fingerprint density at radius 1 is 1.21 bits per heavy atom. The van der Waals surface area contributed by atoms with Crippen molar-refractivity contribution in [1.82, 2.24) is 5.32 Å². The molecule has 0 aliphatic carbocycles. The van der Waals surface area contributed by atoms with E-state index < -0.39 is 0 Å². The summed E-state index contributed by atoms with van der Waals surface area (Å²) in [6, 6.07) is 13.3. The van der Waals surface area contributed by atoms with Crippen LogP contribution >= 0.6 is 0 Å². The van der Waals surface area contributed by atoms with Crippen molar-refractivity contribution in [2.45, 2.75) is 26.3 Å². The van der Waals surface area contributed by atoms with Gasteiger partial charge in [-0.1, -0.05) is 37.3 Å². The lowest BCUT2D eigenvalue weighted by molar-refractivity contribution is 0.330. The van der Waals surface area contributed by atoms with Crippen LogP contribution in [0.1, 0.15) is 31.9 Å². The van der Waals surface area contributed by atoms with Crippen LogP contribution in [0.15, 0.2) is 36.4 Å². The third kappa shape index (κ3) is 2.21. The molecular weight excluding hydrogens is 234 g/mol. The van der Waals surface area contributed by atoms with Gasteiger partial charge in [0.05, 0.1) is 6.61 Å². The number of hydrogen-bond donors (Lipinski definition) is 1. The first kappa shape index (κ1) is 12.5. The van der Waals surface area contributed by atoms with Crippen LogP contribution in [0.25, 0.3) is 10.8 Å². The topological polar surface area (TPSA) is 21.3 Å². The highest BCUT2D eigenvalue weighted by Gasteiger charge is 2.28. The van der Waals surface area contributed by atoms with Crippen molar-refractivity contribution in [3.8, 4) is 5.75 Å². The molecule has 0 saturated carbocycles. The van der Waals surface area contributed by atoms with Crippen LogP contribution in [0.4, 0.5) is 0 Å². The number of nitrogens with one attached hydrogen (secondary N) is 1. The molecule has 2 atom stereocenters. The first-order valence-corrected chi connectivity index (χ1v) is 7.19. The standard InChI is InChI=1S/C17H21NO/c1-3-19-15-9-8-13-6-4-5-7-14(13)16(15)17-12(2)10-11-18-17/h4-9,12,17-18H,3,10-11H2,1-2H3. The Morgan fingerprint density at radius 2 is 2.05 bits per heavy atom. The predicted octanol–water partition coefficient (Wildman–Crippen LogP) is 3.91. The van der Waals surface area contributed by atoms with Crippen molar-refractivity contribution in [3.63, 3.8) is 0 Å². The summed E-state index contributed by atoms with van der Waals surface area (Å²) in [6.07, 6.45) is 1.24. The van der Waals surface area contributed by atoms with E-state index in [1.54, 1.807) is 0 Å². The molecular formula is C17H21NO. The third-order valence-corrected chi connectivity index (χ3v) is 4.07. The van der Waals surface area contributed by atoms with Crippen molar-refractivity contribution < 1.29 is 4.74 Å². The van der Waals surface area contributed by atoms with Gasteiger partial charge in [-0.15, -0.1) is 0 Å². The van der Waals surface area contributed by atoms with Crippen LogP contribution in [-0.4, -0.2) is 13.2 Å². The fourth-order valence-electron chi connectivity index (χ4n) is 3.10. The second-order valence-corrected chi connectivity index (χ2v) is 5.33. The van der Waals surface area contributed by atoms with Crippen molar-refractivity contribution >= 4 is 10.8 Å². The molecule has 1 aliphatic heterocycles. The molecule has 1 saturated heterocycles. The summed E-state index contributed by atoms with van der Waals surface area (Å²) in [7, 11) is 0. The van der Waals surface area contributed by atoms with Gasteiger partial charge in [-0.05, 0) is 42.6 Å². The molecule has 2 unspecified atom stereocenters. The number of fused-ring (bicyclic) bond motifs is 1. The molecule has 2 aromatic carbocycles. The molecule has 3 rings (SSSR count). The third-order valence-electron chi connectivity index (χ3n) is 4.07. The first-order chi connectivity index (χ1) is 9.31. The number of benzene rings is 2. The van der Waals surface area contributed by atoms with Gasteiger partial charge in [-0.25, -0.2) is 0 Å². The second kappa shape index (κ2) is 5.22. The van der Waals surface area contributed by atoms with Crippen molar-refractivity contribution in [1.29, 1.82) is 0 Å². The SMILES string of the molecule is CCOc1ccc2ccccc2c1C1NCCC1C. The highest BCUT2D eigenvalue weighted by molar-refractivity contribution is 5.88. The first-order valence-electron chi connectivity index (χ1n) is 7.19. The van der Waals surface area contributed by atoms with Gasteiger partial charge < -0.3 is 10.1 Å². The molecule has 0 radical (unpaired) electrons. The summed E-state index contributed by atoms with van der Waals surface area (Å²) in [6.45, 7) is 6.18. The van der Waals surface area contributed by atoms with Crippen LogP contribution in [0.3, 0.4) is 0 Å². The van der Waals surface area contributed by atoms with Gasteiger partial charge in [-0.3, -0.25) is 0 Å². The lowest BCUT2D eigenvalue weighted by Crippen LogP contribution is -2.18. The fourth-order valence-corrected chi connectivity index (χ4v) is 3.10. The molecule has 2 aromatic rings. The van der Waals surface area contributed by atoms with Crippen LogP contribution in [0, 0.1) is 5.92 Å². The number of hydrogen-bond acceptors (Lipinski definition) is 2. The summed E-state index contributed by atoms with van der Waals surface area (Å²) in [5.41, 5.74) is 1.34. The van der Waals surface area contributed by atoms with E-state index in [9.17, 15) is 0 Å². The number of rotatable bonds is 3. The van der Waals surface area contributed by atoms with E-state index in [0.717, 1.165) is 12.3 Å². The van der Waals surface area contributed by atoms with Crippen molar-refractivity contribution in [2.24, 2.45) is 5.92 Å². The molecule has 2 heteroatoms. The zero-order valence-electron chi connectivity index (χ0n) is 11.6. The van der Waals surface area contributed by atoms with Gasteiger partial charge in [0, 0.05) is 11.6 Å². The van der Waals surface area contributed by atoms with E-state index in [4.69, 9.17) is 4.74 Å². The summed E-state index contributed by atoms with van der Waals surface area (Å²) >= 11 is 0. The molecule has 0 aromatic heterocycles. The van der Waals surface area contributed by atoms with Gasteiger partial charge in [0.15, 0.2) is 0 Å². The van der Waals surface area contributed by atoms with Gasteiger partial charge in [0.1, 0.15) is 5.75 Å². The molecule has 0 spiro atoms. The average molecular weight is 255 g/mol. The van der Waals surface area contributed by atoms with E-state index in [2.05, 4.69) is 48.6 Å². The monoisotopic (exact) mass is 255 g/mol. The van der Waals surface area contributed by atoms with Crippen molar-refractivity contribution in [2.75, 3.05) is 13.2 Å². The Kier molecular flexibility index (Phi) is 3.43. The van der Waals surface area contributed by atoms with Crippen LogP contribution < -0.4 is 10.1 Å². The predicted molar refractivity (Wildman–Crippen MR) is 79.6 cm³/mol. The summed E-state index contributed by atoms with van der Waals surface area (Å²) < 4.78 is 5.87. The van der Waals surface area contributed by atoms with Gasteiger partial charge in [0.25, 0.3) is 0 Å². The van der Waals surface area contributed by atoms with Crippen LogP contribution in [-0.2, 0) is 0 Å². The Morgan fingerprint density at radius 3 is 2.79 bits per heavy atom. The molecule has 100 valence electrons. The second-order valence-electron chi connectivity index (χ2n) is 5.33. The van der Waals surface area contributed by atoms with Gasteiger partial charge in [-0.2, -0.15) is 0 Å². The van der Waals surface area contributed by atoms with Crippen LogP contribution in [0.5, 0.6) is 5.75 Å². The highest BCUT2D eigenvalue weighted by atomic mass is 16.5. The molecule has 1 heterocycles. The van der Waals surface area contributed by atoms with Crippen molar-refractivity contribution in [3.05, 3.63) is 42.0 Å². The van der Waals surface area contributed by atoms with E-state index in [1.807, 2.05) is 6.92 Å². The maximum absolute atomic E-state index is 5.87. The Hall–Kier alpha value is -1.54. The minimum atomic E-state index is 0.410. The maximum Gasteiger partial charge on any atom is 0.124 e. The molecule has 1 fully saturated rings. The summed E-state index contributed by atoms with van der Waals surface area (Å²) in [5, 5.41) is 6.25. The molecule has 1 aliphatic rings. The zero-order chi connectivity index (χ0) is 13.2. The Bertz CT molecular complexity index is 578. The lowest BCUT2D eigenvalue weighted by atomic mass is 9.91. The fraction of sp³-hybridized carbons (Fsp3) is 0.412. The van der Waals surface area contributed by atoms with Crippen LogP contribution in [0.2, 0.25) is 0 Å². The van der Waals surface area contributed by atoms with E-state index in [-0.39, 0.29) is 0 Å². The minimum Gasteiger partial charge on any atom is -0.494 e. The quantitative estimate of drug-likeness (QED) is 0.898. The summed E-state index contributed by atoms with van der Waals surface area (Å²) in [4.78, 5) is 0. The highest BCUT2D eigenvalue weighted by Crippen LogP contribution is 2.39. The lowest BCUT2D eigenvalue weighted by Gasteiger charge is -2.22. The van der Waals surface area contributed by atoms with E-state index in [1.165, 1.54) is 22.8 Å². The number of ether oxygens (including phenoxy) is 1. The Balaban J connectivity index is 2.19. The zero-order valence-corrected chi connectivity index (χ0v) is 11.6. The van der Waals surface area contributed by atoms with E-state index in [0.29, 0.717) is 18.6 Å². The summed E-state index contributed by atoms with van der Waals surface area (Å²) in [5.74, 6) is 1.69. The normalized spacial score (nSPS) is 22.8. The largest absolute Gasteiger partial charge is 0.494 e. The molecule has 0 bridgehead atoms. The minimum absolute atomic E-state index is 0.410. The Labute approximate surface area is 114 Å². The molecule has 19 heavy (non-hydrogen) atoms. The smallest absolute Gasteiger partial charge is 0.124 e. The van der Waals surface area contributed by atoms with Gasteiger partial charge >= 0.3 is 0 Å². The van der Waals surface area contributed by atoms with Gasteiger partial charge in [0.2, 0.25) is 0 Å². The maximum atomic E-state index is 5.87. The molecule has 1 N–H and O–H groups in total. The van der Waals surface area contributed by atoms with E-state index >= 15 is 0 Å². The average Bonchev–Trinajstić information content (AvgIpc) is 2.85. The molecule has 0 amide bonds. The molecule has 2 nitrogen and oxygen atoms in total.